The van der Waals surface area contributed by atoms with E-state index < -0.39 is 0 Å². The molecule has 0 nitrogen and oxygen atoms in total. The maximum Gasteiger partial charge on any atom is 0.211 e. The lowest BCUT2D eigenvalue weighted by Crippen LogP contribution is -1.82. The lowest BCUT2D eigenvalue weighted by molar-refractivity contribution is 0.893. The molecule has 7 heavy (non-hydrogen) atoms. The SMILES string of the molecule is [AlH2][CH2]CCC(I)I. The summed E-state index contributed by atoms with van der Waals surface area (Å²) in [5.74, 6) is 0. The first-order chi connectivity index (χ1) is 3.27. The van der Waals surface area contributed by atoms with Crippen molar-refractivity contribution >= 4 is 61.5 Å². The molecule has 0 rings (SSSR count). The third-order valence-corrected chi connectivity index (χ3v) is 2.73. The van der Waals surface area contributed by atoms with Crippen LogP contribution in [0.2, 0.25) is 5.28 Å². The third-order valence-electron chi connectivity index (χ3n) is 0.776. The van der Waals surface area contributed by atoms with E-state index in [0.717, 1.165) is 1.93 Å². The van der Waals surface area contributed by atoms with Gasteiger partial charge in [0.2, 0.25) is 16.3 Å². The smallest absolute Gasteiger partial charge is 0.101 e. The van der Waals surface area contributed by atoms with E-state index in [1.807, 2.05) is 0 Å². The number of hydrogen-bond acceptors (Lipinski definition) is 0. The van der Waals surface area contributed by atoms with E-state index >= 15 is 0 Å². The van der Waals surface area contributed by atoms with Crippen molar-refractivity contribution < 1.29 is 0 Å². The minimum Gasteiger partial charge on any atom is -0.101 e. The minimum absolute atomic E-state index is 0.865. The zero-order valence-corrected chi connectivity index (χ0v) is 10.8. The van der Waals surface area contributed by atoms with Crippen LogP contribution in [-0.4, -0.2) is 18.2 Å². The second kappa shape index (κ2) is 6.12. The summed E-state index contributed by atoms with van der Waals surface area (Å²) in [6.45, 7) is 0. The Labute approximate surface area is 80.5 Å². The molecule has 0 fully saturated rings. The quantitative estimate of drug-likeness (QED) is 0.420. The van der Waals surface area contributed by atoms with Crippen molar-refractivity contribution in [3.63, 3.8) is 0 Å². The van der Waals surface area contributed by atoms with Crippen LogP contribution in [-0.2, 0) is 0 Å². The molecule has 0 amide bonds. The molecule has 0 aliphatic rings. The fraction of sp³-hybridized carbons (Fsp3) is 1.00. The molecule has 0 aliphatic carbocycles. The van der Waals surface area contributed by atoms with Crippen LogP contribution in [0.1, 0.15) is 12.8 Å². The second-order valence-corrected chi connectivity index (χ2v) is 7.92. The average molecular weight is 338 g/mol. The molecule has 0 atom stereocenters. The molecule has 0 aromatic carbocycles. The van der Waals surface area contributed by atoms with Gasteiger partial charge >= 0.3 is 0 Å². The van der Waals surface area contributed by atoms with Crippen LogP contribution in [0.4, 0.5) is 0 Å². The van der Waals surface area contributed by atoms with Crippen molar-refractivity contribution in [3.8, 4) is 0 Å². The molecule has 0 aromatic rings. The summed E-state index contributed by atoms with van der Waals surface area (Å²) in [7, 11) is 0. The maximum absolute atomic E-state index is 2.47. The van der Waals surface area contributed by atoms with Crippen molar-refractivity contribution in [1.82, 2.24) is 0 Å². The Bertz CT molecular complexity index is 38.7. The molecule has 0 heterocycles. The van der Waals surface area contributed by atoms with E-state index in [4.69, 9.17) is 0 Å². The Hall–Kier alpha value is 1.99. The zero-order chi connectivity index (χ0) is 5.70. The lowest BCUT2D eigenvalue weighted by Gasteiger charge is -1.95. The van der Waals surface area contributed by atoms with E-state index in [2.05, 4.69) is 45.2 Å². The van der Waals surface area contributed by atoms with Gasteiger partial charge in [-0.1, -0.05) is 51.6 Å². The summed E-state index contributed by atoms with van der Waals surface area (Å²) in [5.41, 5.74) is 0. The van der Waals surface area contributed by atoms with E-state index in [-0.39, 0.29) is 0 Å². The van der Waals surface area contributed by atoms with Crippen LogP contribution in [0.25, 0.3) is 0 Å². The number of halogens is 2. The molecule has 0 bridgehead atoms. The first-order valence-electron chi connectivity index (χ1n) is 2.55. The van der Waals surface area contributed by atoms with Gasteiger partial charge in [-0.3, -0.25) is 0 Å². The van der Waals surface area contributed by atoms with Gasteiger partial charge in [-0.2, -0.15) is 0 Å². The molecule has 0 spiro atoms. The normalized spacial score (nSPS) is 10.1. The van der Waals surface area contributed by atoms with Crippen LogP contribution in [0.5, 0.6) is 0 Å². The summed E-state index contributed by atoms with van der Waals surface area (Å²) in [6.07, 6.45) is 2.85. The average Bonchev–Trinajstić information content (AvgIpc) is 1.61. The first-order valence-corrected chi connectivity index (χ1v) is 6.46. The summed E-state index contributed by atoms with van der Waals surface area (Å²) in [5, 5.41) is 1.47. The standard InChI is InChI=1S/C4H7I2.Al.2H/c1-2-3-4(5)6;;;/h4H,1-3H2;;;. The van der Waals surface area contributed by atoms with Crippen LogP contribution >= 0.6 is 45.2 Å². The van der Waals surface area contributed by atoms with Crippen LogP contribution in [0.15, 0.2) is 0 Å². The van der Waals surface area contributed by atoms with Gasteiger partial charge in [0.25, 0.3) is 0 Å². The van der Waals surface area contributed by atoms with Crippen LogP contribution < -0.4 is 0 Å². The molecular weight excluding hydrogens is 329 g/mol. The highest BCUT2D eigenvalue weighted by Gasteiger charge is 1.92. The molecule has 0 saturated heterocycles. The van der Waals surface area contributed by atoms with Crippen molar-refractivity contribution in [2.75, 3.05) is 0 Å². The topological polar surface area (TPSA) is 0 Å². The number of alkyl halides is 2. The van der Waals surface area contributed by atoms with Gasteiger partial charge in [-0.05, 0) is 6.42 Å². The van der Waals surface area contributed by atoms with Crippen molar-refractivity contribution in [3.05, 3.63) is 0 Å². The third kappa shape index (κ3) is 7.99. The summed E-state index contributed by atoms with van der Waals surface area (Å²) in [4.78, 5) is 0. The summed E-state index contributed by atoms with van der Waals surface area (Å²) >= 11 is 6.32. The maximum atomic E-state index is 2.47. The Morgan fingerprint density at radius 2 is 2.00 bits per heavy atom. The zero-order valence-electron chi connectivity index (χ0n) is 4.45. The van der Waals surface area contributed by atoms with Crippen molar-refractivity contribution in [2.24, 2.45) is 0 Å². The van der Waals surface area contributed by atoms with Gasteiger partial charge in [-0.25, -0.2) is 0 Å². The molecule has 0 aliphatic heterocycles. The highest BCUT2D eigenvalue weighted by molar-refractivity contribution is 14.2. The largest absolute Gasteiger partial charge is 0.211 e. The van der Waals surface area contributed by atoms with Gasteiger partial charge in [-0.15, -0.1) is 5.28 Å². The molecule has 0 aromatic heterocycles. The van der Waals surface area contributed by atoms with Gasteiger partial charge in [0.05, 0.1) is 1.93 Å². The highest BCUT2D eigenvalue weighted by atomic mass is 127. The predicted octanol–water partition coefficient (Wildman–Crippen LogP) is 2.01. The van der Waals surface area contributed by atoms with Gasteiger partial charge in [0, 0.05) is 0 Å². The highest BCUT2D eigenvalue weighted by Crippen LogP contribution is 2.16. The Balaban J connectivity index is 2.68. The Morgan fingerprint density at radius 3 is 2.14 bits per heavy atom. The number of hydrogen-bond donors (Lipinski definition) is 0. The van der Waals surface area contributed by atoms with Crippen LogP contribution in [0, 0.1) is 0 Å². The molecule has 0 saturated carbocycles. The van der Waals surface area contributed by atoms with Gasteiger partial charge in [0.15, 0.2) is 0 Å². The molecule has 0 N–H and O–H groups in total. The first kappa shape index (κ1) is 8.99. The van der Waals surface area contributed by atoms with E-state index in [1.165, 1.54) is 34.4 Å². The predicted molar refractivity (Wildman–Crippen MR) is 54.4 cm³/mol. The molecule has 0 unspecified atom stereocenters. The van der Waals surface area contributed by atoms with Gasteiger partial charge < -0.3 is 0 Å². The second-order valence-electron chi connectivity index (χ2n) is 1.53. The fourth-order valence-corrected chi connectivity index (χ4v) is 1.65. The van der Waals surface area contributed by atoms with Crippen molar-refractivity contribution in [1.29, 1.82) is 0 Å². The summed E-state index contributed by atoms with van der Waals surface area (Å²) in [6, 6.07) is 0. The fourth-order valence-electron chi connectivity index (χ4n) is 0.358. The molecule has 42 valence electrons. The number of rotatable bonds is 3. The van der Waals surface area contributed by atoms with Crippen molar-refractivity contribution in [2.45, 2.75) is 20.1 Å². The summed E-state index contributed by atoms with van der Waals surface area (Å²) < 4.78 is 0.865. The van der Waals surface area contributed by atoms with Crippen LogP contribution in [0.3, 0.4) is 0 Å². The van der Waals surface area contributed by atoms with E-state index in [9.17, 15) is 0 Å². The molecule has 0 radical (unpaired) electrons. The molecule has 3 heteroatoms. The molecular formula is C4H9AlI2. The minimum atomic E-state index is 0.865. The van der Waals surface area contributed by atoms with E-state index in [0.29, 0.717) is 0 Å². The lowest BCUT2D eigenvalue weighted by atomic mass is 10.4. The Morgan fingerprint density at radius 1 is 1.43 bits per heavy atom. The van der Waals surface area contributed by atoms with Gasteiger partial charge in [0.1, 0.15) is 0 Å². The van der Waals surface area contributed by atoms with E-state index in [1.54, 1.807) is 0 Å². The Kier molecular flexibility index (Phi) is 7.86. The monoisotopic (exact) mass is 338 g/mol.